The summed E-state index contributed by atoms with van der Waals surface area (Å²) < 4.78 is 20.3. The summed E-state index contributed by atoms with van der Waals surface area (Å²) in [7, 11) is 1.53. The first-order valence-corrected chi connectivity index (χ1v) is 9.60. The van der Waals surface area contributed by atoms with Gasteiger partial charge in [-0.15, -0.1) is 0 Å². The number of carbonyl (C=O) groups excluding carboxylic acids is 2. The highest BCUT2D eigenvalue weighted by atomic mass is 19.1. The molecule has 0 bridgehead atoms. The average molecular weight is 407 g/mol. The van der Waals surface area contributed by atoms with Gasteiger partial charge in [-0.05, 0) is 49.7 Å². The minimum atomic E-state index is -1.13. The Morgan fingerprint density at radius 1 is 1.27 bits per heavy atom. The molecule has 1 unspecified atom stereocenters. The number of amides is 1. The van der Waals surface area contributed by atoms with Crippen LogP contribution in [-0.4, -0.2) is 29.6 Å². The number of hydrogen-bond donors (Lipinski definition) is 1. The van der Waals surface area contributed by atoms with Gasteiger partial charge in [0.05, 0.1) is 12.0 Å². The van der Waals surface area contributed by atoms with E-state index in [1.807, 2.05) is 25.1 Å². The number of Topliss-reactive ketones (excluding diaryl/α,β-unsaturated/α-hetero) is 1. The van der Waals surface area contributed by atoms with E-state index < -0.39 is 11.4 Å². The van der Waals surface area contributed by atoms with Crippen LogP contribution >= 0.6 is 0 Å². The topological polar surface area (TPSA) is 88.9 Å². The monoisotopic (exact) mass is 407 g/mol. The highest BCUT2D eigenvalue weighted by Gasteiger charge is 2.38. The summed E-state index contributed by atoms with van der Waals surface area (Å²) >= 11 is 0. The maximum absolute atomic E-state index is 14.7. The third-order valence-electron chi connectivity index (χ3n) is 5.50. The Morgan fingerprint density at radius 2 is 2.03 bits per heavy atom. The van der Waals surface area contributed by atoms with E-state index >= 15 is 0 Å². The molecule has 1 aliphatic rings. The van der Waals surface area contributed by atoms with E-state index in [1.165, 1.54) is 18.0 Å². The van der Waals surface area contributed by atoms with Crippen LogP contribution in [0.1, 0.15) is 40.6 Å². The summed E-state index contributed by atoms with van der Waals surface area (Å²) in [6.07, 6.45) is 0.0245. The molecule has 2 aromatic carbocycles. The van der Waals surface area contributed by atoms with Crippen LogP contribution in [-0.2, 0) is 16.8 Å². The van der Waals surface area contributed by atoms with Gasteiger partial charge in [-0.3, -0.25) is 14.5 Å². The van der Waals surface area contributed by atoms with Crippen molar-refractivity contribution in [1.29, 1.82) is 0 Å². The minimum absolute atomic E-state index is 0.0125. The smallest absolute Gasteiger partial charge is 0.231 e. The average Bonchev–Trinajstić information content (AvgIpc) is 3.11. The molecular weight excluding hydrogens is 385 g/mol. The largest absolute Gasteiger partial charge is 0.453 e. The number of rotatable bonds is 4. The Bertz CT molecular complexity index is 1210. The predicted molar refractivity (Wildman–Crippen MR) is 112 cm³/mol. The number of benzene rings is 2. The van der Waals surface area contributed by atoms with Crippen LogP contribution < -0.4 is 5.73 Å². The SMILES string of the molecule is Cc1ccc2oc(C(=O)Cc3ccc(F)c(C4(C)CC(=O)N(C)C(N)=N4)c3)cc2c1. The summed E-state index contributed by atoms with van der Waals surface area (Å²) in [6, 6.07) is 11.8. The fraction of sp³-hybridized carbons (Fsp3) is 0.261. The molecule has 0 spiro atoms. The van der Waals surface area contributed by atoms with Gasteiger partial charge in [0.1, 0.15) is 11.4 Å². The lowest BCUT2D eigenvalue weighted by Gasteiger charge is -2.34. The minimum Gasteiger partial charge on any atom is -0.453 e. The summed E-state index contributed by atoms with van der Waals surface area (Å²) in [5, 5.41) is 0.861. The molecule has 1 amide bonds. The van der Waals surface area contributed by atoms with Crippen LogP contribution in [0.3, 0.4) is 0 Å². The summed E-state index contributed by atoms with van der Waals surface area (Å²) in [6.45, 7) is 3.63. The molecule has 7 heteroatoms. The fourth-order valence-corrected chi connectivity index (χ4v) is 3.73. The lowest BCUT2D eigenvalue weighted by Crippen LogP contribution is -2.47. The zero-order valence-electron chi connectivity index (χ0n) is 17.0. The van der Waals surface area contributed by atoms with Crippen molar-refractivity contribution in [3.05, 3.63) is 70.7 Å². The molecule has 0 radical (unpaired) electrons. The van der Waals surface area contributed by atoms with Crippen molar-refractivity contribution in [2.45, 2.75) is 32.2 Å². The van der Waals surface area contributed by atoms with Crippen LogP contribution in [0.15, 0.2) is 51.9 Å². The number of ketones is 1. The molecule has 4 rings (SSSR count). The van der Waals surface area contributed by atoms with Crippen molar-refractivity contribution in [2.75, 3.05) is 7.05 Å². The van der Waals surface area contributed by atoms with E-state index in [-0.39, 0.29) is 41.8 Å². The van der Waals surface area contributed by atoms with Crippen molar-refractivity contribution in [3.63, 3.8) is 0 Å². The predicted octanol–water partition coefficient (Wildman–Crippen LogP) is 3.70. The van der Waals surface area contributed by atoms with Gasteiger partial charge in [0.25, 0.3) is 0 Å². The number of aliphatic imine (C=N–C) groups is 1. The quantitative estimate of drug-likeness (QED) is 0.668. The van der Waals surface area contributed by atoms with Gasteiger partial charge in [0, 0.05) is 24.4 Å². The van der Waals surface area contributed by atoms with Crippen molar-refractivity contribution in [1.82, 2.24) is 4.90 Å². The second kappa shape index (κ2) is 7.09. The van der Waals surface area contributed by atoms with Crippen LogP contribution in [0.25, 0.3) is 11.0 Å². The number of guanidine groups is 1. The third-order valence-corrected chi connectivity index (χ3v) is 5.50. The Hall–Kier alpha value is -3.48. The van der Waals surface area contributed by atoms with Gasteiger partial charge in [-0.1, -0.05) is 17.7 Å². The molecule has 2 heterocycles. The van der Waals surface area contributed by atoms with Gasteiger partial charge >= 0.3 is 0 Å². The zero-order chi connectivity index (χ0) is 21.6. The second-order valence-electron chi connectivity index (χ2n) is 7.94. The lowest BCUT2D eigenvalue weighted by molar-refractivity contribution is -0.128. The summed E-state index contributed by atoms with van der Waals surface area (Å²) in [5.74, 6) is -0.670. The summed E-state index contributed by atoms with van der Waals surface area (Å²) in [5.41, 5.74) is 7.27. The Morgan fingerprint density at radius 3 is 2.77 bits per heavy atom. The van der Waals surface area contributed by atoms with Gasteiger partial charge in [0.2, 0.25) is 11.7 Å². The lowest BCUT2D eigenvalue weighted by atomic mass is 9.85. The number of furan rings is 1. The number of carbonyl (C=O) groups is 2. The number of hydrogen-bond acceptors (Lipinski definition) is 5. The molecule has 0 saturated heterocycles. The third kappa shape index (κ3) is 3.47. The van der Waals surface area contributed by atoms with E-state index in [9.17, 15) is 14.0 Å². The Kier molecular flexibility index (Phi) is 4.68. The van der Waals surface area contributed by atoms with Crippen LogP contribution in [0.5, 0.6) is 0 Å². The van der Waals surface area contributed by atoms with E-state index in [4.69, 9.17) is 10.2 Å². The van der Waals surface area contributed by atoms with E-state index in [0.717, 1.165) is 10.9 Å². The molecule has 1 atom stereocenters. The first-order valence-electron chi connectivity index (χ1n) is 9.60. The molecular formula is C23H22FN3O3. The molecule has 0 fully saturated rings. The van der Waals surface area contributed by atoms with Gasteiger partial charge in [-0.2, -0.15) is 0 Å². The number of halogens is 1. The van der Waals surface area contributed by atoms with Gasteiger partial charge < -0.3 is 10.2 Å². The molecule has 1 aliphatic heterocycles. The van der Waals surface area contributed by atoms with E-state index in [0.29, 0.717) is 11.1 Å². The first-order chi connectivity index (χ1) is 14.2. The highest BCUT2D eigenvalue weighted by Crippen LogP contribution is 2.35. The molecule has 1 aromatic heterocycles. The molecule has 0 aliphatic carbocycles. The molecule has 6 nitrogen and oxygen atoms in total. The van der Waals surface area contributed by atoms with Crippen LogP contribution in [0.2, 0.25) is 0 Å². The van der Waals surface area contributed by atoms with Crippen LogP contribution in [0, 0.1) is 12.7 Å². The fourth-order valence-electron chi connectivity index (χ4n) is 3.73. The van der Waals surface area contributed by atoms with Crippen molar-refractivity contribution in [2.24, 2.45) is 10.7 Å². The zero-order valence-corrected chi connectivity index (χ0v) is 17.0. The number of aryl methyl sites for hydroxylation is 1. The second-order valence-corrected chi connectivity index (χ2v) is 7.94. The van der Waals surface area contributed by atoms with E-state index in [2.05, 4.69) is 4.99 Å². The van der Waals surface area contributed by atoms with Gasteiger partial charge in [0.15, 0.2) is 11.7 Å². The van der Waals surface area contributed by atoms with Crippen LogP contribution in [0.4, 0.5) is 4.39 Å². The Balaban J connectivity index is 1.64. The normalized spacial score (nSPS) is 19.3. The summed E-state index contributed by atoms with van der Waals surface area (Å²) in [4.78, 5) is 30.6. The molecule has 30 heavy (non-hydrogen) atoms. The number of nitrogens with two attached hydrogens (primary N) is 1. The van der Waals surface area contributed by atoms with Crippen molar-refractivity contribution < 1.29 is 18.4 Å². The molecule has 2 N–H and O–H groups in total. The number of nitrogens with zero attached hydrogens (tertiary/aromatic N) is 2. The van der Waals surface area contributed by atoms with Crippen molar-refractivity contribution in [3.8, 4) is 0 Å². The maximum atomic E-state index is 14.7. The van der Waals surface area contributed by atoms with E-state index in [1.54, 1.807) is 25.1 Å². The molecule has 154 valence electrons. The highest BCUT2D eigenvalue weighted by molar-refractivity contribution is 5.99. The molecule has 0 saturated carbocycles. The maximum Gasteiger partial charge on any atom is 0.231 e. The van der Waals surface area contributed by atoms with Gasteiger partial charge in [-0.25, -0.2) is 9.38 Å². The molecule has 3 aromatic rings. The Labute approximate surface area is 173 Å². The number of fused-ring (bicyclic) bond motifs is 1. The standard InChI is InChI=1S/C23H22FN3O3/c1-13-4-7-19-15(8-13)11-20(30-19)18(28)10-14-5-6-17(24)16(9-14)23(2)12-21(29)27(3)22(25)26-23/h4-9,11H,10,12H2,1-3H3,(H2,25,26). The first kappa shape index (κ1) is 19.8. The van der Waals surface area contributed by atoms with Crippen molar-refractivity contribution >= 4 is 28.6 Å².